The zero-order valence-electron chi connectivity index (χ0n) is 13.2. The average molecular weight is 306 g/mol. The molecule has 0 bridgehead atoms. The molecule has 0 unspecified atom stereocenters. The lowest BCUT2D eigenvalue weighted by Crippen LogP contribution is -2.04. The molecule has 0 aliphatic rings. The van der Waals surface area contributed by atoms with E-state index in [-0.39, 0.29) is 0 Å². The van der Waals surface area contributed by atoms with E-state index in [0.717, 1.165) is 23.2 Å². The second-order valence-corrected chi connectivity index (χ2v) is 5.14. The quantitative estimate of drug-likeness (QED) is 0.719. The molecular weight excluding hydrogens is 288 g/mol. The lowest BCUT2D eigenvalue weighted by atomic mass is 10.1. The second-order valence-electron chi connectivity index (χ2n) is 5.14. The molecule has 5 heteroatoms. The van der Waals surface area contributed by atoms with Crippen LogP contribution in [0.3, 0.4) is 0 Å². The summed E-state index contributed by atoms with van der Waals surface area (Å²) in [6.07, 6.45) is 2.69. The first-order valence-corrected chi connectivity index (χ1v) is 7.63. The summed E-state index contributed by atoms with van der Waals surface area (Å²) in [6, 6.07) is 14.3. The summed E-state index contributed by atoms with van der Waals surface area (Å²) < 4.78 is 5.51. The molecule has 0 atom stereocenters. The summed E-state index contributed by atoms with van der Waals surface area (Å²) in [4.78, 5) is 17.4. The highest BCUT2D eigenvalue weighted by atomic mass is 16.5. The fraction of sp³-hybridized carbons (Fsp3) is 0.222. The molecule has 2 aromatic heterocycles. The third-order valence-electron chi connectivity index (χ3n) is 3.25. The number of aromatic nitrogens is 4. The van der Waals surface area contributed by atoms with Crippen molar-refractivity contribution in [3.05, 3.63) is 54.5 Å². The van der Waals surface area contributed by atoms with Crippen molar-refractivity contribution in [1.29, 1.82) is 0 Å². The van der Waals surface area contributed by atoms with Gasteiger partial charge in [0.25, 0.3) is 0 Å². The molecule has 1 aromatic carbocycles. The minimum absolute atomic E-state index is 0.362. The molecule has 0 aliphatic heterocycles. The van der Waals surface area contributed by atoms with Crippen molar-refractivity contribution >= 4 is 0 Å². The van der Waals surface area contributed by atoms with Gasteiger partial charge in [0.15, 0.2) is 5.82 Å². The van der Waals surface area contributed by atoms with Crippen LogP contribution in [0.1, 0.15) is 19.2 Å². The van der Waals surface area contributed by atoms with Gasteiger partial charge in [-0.05, 0) is 25.5 Å². The third kappa shape index (κ3) is 3.69. The van der Waals surface area contributed by atoms with Crippen LogP contribution in [0.5, 0.6) is 6.01 Å². The van der Waals surface area contributed by atoms with Gasteiger partial charge >= 0.3 is 6.01 Å². The van der Waals surface area contributed by atoms with Gasteiger partial charge in [-0.2, -0.15) is 9.97 Å². The molecule has 23 heavy (non-hydrogen) atoms. The van der Waals surface area contributed by atoms with Crippen LogP contribution in [-0.4, -0.2) is 26.5 Å². The maximum Gasteiger partial charge on any atom is 0.320 e. The number of rotatable bonds is 5. The molecule has 0 amide bonds. The van der Waals surface area contributed by atoms with Crippen LogP contribution in [0.25, 0.3) is 22.6 Å². The van der Waals surface area contributed by atoms with Gasteiger partial charge in [-0.1, -0.05) is 37.3 Å². The van der Waals surface area contributed by atoms with Gasteiger partial charge in [0.2, 0.25) is 0 Å². The van der Waals surface area contributed by atoms with Gasteiger partial charge in [-0.3, -0.25) is 4.98 Å². The van der Waals surface area contributed by atoms with Crippen molar-refractivity contribution in [2.75, 3.05) is 6.61 Å². The summed E-state index contributed by atoms with van der Waals surface area (Å²) in [5.74, 6) is 1.21. The van der Waals surface area contributed by atoms with E-state index < -0.39 is 0 Å². The highest BCUT2D eigenvalue weighted by Crippen LogP contribution is 2.21. The first kappa shape index (κ1) is 15.1. The zero-order valence-corrected chi connectivity index (χ0v) is 13.2. The van der Waals surface area contributed by atoms with E-state index in [0.29, 0.717) is 24.3 Å². The summed E-state index contributed by atoms with van der Waals surface area (Å²) in [5, 5.41) is 0. The number of hydrogen-bond donors (Lipinski definition) is 0. The van der Waals surface area contributed by atoms with E-state index in [4.69, 9.17) is 4.74 Å². The van der Waals surface area contributed by atoms with Crippen molar-refractivity contribution < 1.29 is 4.74 Å². The Morgan fingerprint density at radius 1 is 0.913 bits per heavy atom. The predicted octanol–water partition coefficient (Wildman–Crippen LogP) is 3.70. The SMILES string of the molecule is CCCOc1nc(C)nc(-c2ccc(-c3ccccc3)nc2)n1. The largest absolute Gasteiger partial charge is 0.463 e. The molecule has 0 fully saturated rings. The topological polar surface area (TPSA) is 60.8 Å². The molecule has 0 saturated heterocycles. The Morgan fingerprint density at radius 2 is 1.74 bits per heavy atom. The highest BCUT2D eigenvalue weighted by molar-refractivity contribution is 5.62. The Balaban J connectivity index is 1.88. The normalized spacial score (nSPS) is 10.5. The number of pyridine rings is 1. The molecule has 3 rings (SSSR count). The lowest BCUT2D eigenvalue weighted by molar-refractivity contribution is 0.291. The van der Waals surface area contributed by atoms with Crippen molar-refractivity contribution in [2.24, 2.45) is 0 Å². The van der Waals surface area contributed by atoms with Crippen LogP contribution in [-0.2, 0) is 0 Å². The first-order valence-electron chi connectivity index (χ1n) is 7.63. The zero-order chi connectivity index (χ0) is 16.1. The van der Waals surface area contributed by atoms with Crippen LogP contribution in [0, 0.1) is 6.92 Å². The fourth-order valence-corrected chi connectivity index (χ4v) is 2.15. The van der Waals surface area contributed by atoms with Crippen molar-refractivity contribution in [3.63, 3.8) is 0 Å². The number of nitrogens with zero attached hydrogens (tertiary/aromatic N) is 4. The standard InChI is InChI=1S/C18H18N4O/c1-3-11-23-18-21-13(2)20-17(22-18)15-9-10-16(19-12-15)14-7-5-4-6-8-14/h4-10,12H,3,11H2,1-2H3. The average Bonchev–Trinajstić information content (AvgIpc) is 2.60. The molecule has 116 valence electrons. The Labute approximate surface area is 135 Å². The summed E-state index contributed by atoms with van der Waals surface area (Å²) in [6.45, 7) is 4.46. The van der Waals surface area contributed by atoms with Crippen molar-refractivity contribution in [2.45, 2.75) is 20.3 Å². The van der Waals surface area contributed by atoms with Gasteiger partial charge in [0.1, 0.15) is 5.82 Å². The van der Waals surface area contributed by atoms with Crippen LogP contribution in [0.15, 0.2) is 48.7 Å². The highest BCUT2D eigenvalue weighted by Gasteiger charge is 2.08. The monoisotopic (exact) mass is 306 g/mol. The van der Waals surface area contributed by atoms with E-state index in [2.05, 4.69) is 19.9 Å². The van der Waals surface area contributed by atoms with Gasteiger partial charge in [0, 0.05) is 17.3 Å². The summed E-state index contributed by atoms with van der Waals surface area (Å²) in [7, 11) is 0. The van der Waals surface area contributed by atoms with E-state index >= 15 is 0 Å². The summed E-state index contributed by atoms with van der Waals surface area (Å²) >= 11 is 0. The Kier molecular flexibility index (Phi) is 4.57. The third-order valence-corrected chi connectivity index (χ3v) is 3.25. The maximum absolute atomic E-state index is 5.51. The Bertz CT molecular complexity index is 773. The second kappa shape index (κ2) is 6.96. The van der Waals surface area contributed by atoms with Crippen LogP contribution in [0.2, 0.25) is 0 Å². The number of aryl methyl sites for hydroxylation is 1. The predicted molar refractivity (Wildman–Crippen MR) is 89.0 cm³/mol. The van der Waals surface area contributed by atoms with Crippen LogP contribution < -0.4 is 4.74 Å². The van der Waals surface area contributed by atoms with Gasteiger partial charge in [-0.25, -0.2) is 4.98 Å². The van der Waals surface area contributed by atoms with Gasteiger partial charge in [-0.15, -0.1) is 0 Å². The van der Waals surface area contributed by atoms with Crippen LogP contribution in [0.4, 0.5) is 0 Å². The molecule has 0 radical (unpaired) electrons. The van der Waals surface area contributed by atoms with Crippen molar-refractivity contribution in [1.82, 2.24) is 19.9 Å². The van der Waals surface area contributed by atoms with E-state index in [1.165, 1.54) is 0 Å². The molecule has 2 heterocycles. The Morgan fingerprint density at radius 3 is 2.43 bits per heavy atom. The molecule has 3 aromatic rings. The minimum atomic E-state index is 0.362. The number of ether oxygens (including phenoxy) is 1. The minimum Gasteiger partial charge on any atom is -0.463 e. The molecule has 5 nitrogen and oxygen atoms in total. The summed E-state index contributed by atoms with van der Waals surface area (Å²) in [5.41, 5.74) is 2.84. The first-order chi connectivity index (χ1) is 11.3. The van der Waals surface area contributed by atoms with E-state index in [1.54, 1.807) is 6.20 Å². The van der Waals surface area contributed by atoms with E-state index in [1.807, 2.05) is 56.3 Å². The maximum atomic E-state index is 5.51. The van der Waals surface area contributed by atoms with Gasteiger partial charge in [0.05, 0.1) is 12.3 Å². The van der Waals surface area contributed by atoms with Crippen LogP contribution >= 0.6 is 0 Å². The molecule has 0 N–H and O–H groups in total. The molecule has 0 spiro atoms. The number of hydrogen-bond acceptors (Lipinski definition) is 5. The smallest absolute Gasteiger partial charge is 0.320 e. The molecule has 0 aliphatic carbocycles. The lowest BCUT2D eigenvalue weighted by Gasteiger charge is -2.06. The van der Waals surface area contributed by atoms with Gasteiger partial charge < -0.3 is 4.74 Å². The molecule has 0 saturated carbocycles. The van der Waals surface area contributed by atoms with Crippen molar-refractivity contribution in [3.8, 4) is 28.7 Å². The number of benzene rings is 1. The van der Waals surface area contributed by atoms with E-state index in [9.17, 15) is 0 Å². The fourth-order valence-electron chi connectivity index (χ4n) is 2.15. The Hall–Kier alpha value is -2.82. The molecular formula is C18H18N4O.